The molecule has 0 aliphatic heterocycles. The lowest BCUT2D eigenvalue weighted by Gasteiger charge is -2.19. The predicted octanol–water partition coefficient (Wildman–Crippen LogP) is 5.08. The van der Waals surface area contributed by atoms with Gasteiger partial charge in [0.1, 0.15) is 5.75 Å². The molecule has 7 nitrogen and oxygen atoms in total. The van der Waals surface area contributed by atoms with E-state index < -0.39 is 6.16 Å². The molecule has 7 heteroatoms. The van der Waals surface area contributed by atoms with Gasteiger partial charge in [0.15, 0.2) is 0 Å². The quantitative estimate of drug-likeness (QED) is 0.357. The van der Waals surface area contributed by atoms with Crippen molar-refractivity contribution in [2.45, 2.75) is 41.2 Å². The molecule has 2 rings (SSSR count). The van der Waals surface area contributed by atoms with Gasteiger partial charge in [0.2, 0.25) is 5.91 Å². The molecule has 0 heterocycles. The van der Waals surface area contributed by atoms with Crippen LogP contribution in [0.2, 0.25) is 0 Å². The SMILES string of the molecule is CCOC(=O)Oc1ccc(C(=O)Nc2ccccc2CNC(=O)/C=C(\C)C(C)(C)C)cc1. The van der Waals surface area contributed by atoms with Gasteiger partial charge >= 0.3 is 6.16 Å². The van der Waals surface area contributed by atoms with Crippen LogP contribution < -0.4 is 15.4 Å². The number of rotatable bonds is 7. The fraction of sp³-hybridized carbons (Fsp3) is 0.320. The van der Waals surface area contributed by atoms with Crippen LogP contribution in [0.5, 0.6) is 5.75 Å². The molecule has 0 unspecified atom stereocenters. The highest BCUT2D eigenvalue weighted by Crippen LogP contribution is 2.24. The van der Waals surface area contributed by atoms with Crippen LogP contribution in [-0.2, 0) is 16.1 Å². The van der Waals surface area contributed by atoms with E-state index in [9.17, 15) is 14.4 Å². The van der Waals surface area contributed by atoms with E-state index in [0.717, 1.165) is 11.1 Å². The highest BCUT2D eigenvalue weighted by molar-refractivity contribution is 6.04. The first kappa shape index (κ1) is 24.7. The van der Waals surface area contributed by atoms with Crippen molar-refractivity contribution in [2.75, 3.05) is 11.9 Å². The number of allylic oxidation sites excluding steroid dienone is 1. The molecule has 0 fully saturated rings. The van der Waals surface area contributed by atoms with Crippen molar-refractivity contribution in [3.8, 4) is 5.75 Å². The third-order valence-electron chi connectivity index (χ3n) is 4.83. The van der Waals surface area contributed by atoms with Gasteiger partial charge in [-0.05, 0) is 55.2 Å². The number of hydrogen-bond acceptors (Lipinski definition) is 5. The Labute approximate surface area is 188 Å². The van der Waals surface area contributed by atoms with E-state index in [0.29, 0.717) is 11.3 Å². The standard InChI is InChI=1S/C25H30N2O5/c1-6-31-24(30)32-20-13-11-18(12-14-20)23(29)27-21-10-8-7-9-19(21)16-26-22(28)15-17(2)25(3,4)5/h7-15H,6,16H2,1-5H3,(H,26,28)(H,27,29)/b17-15+. The Hall–Kier alpha value is -3.61. The summed E-state index contributed by atoms with van der Waals surface area (Å²) in [5.74, 6) is -0.229. The molecule has 0 bridgehead atoms. The molecule has 0 aliphatic rings. The zero-order valence-corrected chi connectivity index (χ0v) is 19.2. The van der Waals surface area contributed by atoms with E-state index in [1.165, 1.54) is 12.1 Å². The third kappa shape index (κ3) is 7.58. The Morgan fingerprint density at radius 1 is 1.00 bits per heavy atom. The van der Waals surface area contributed by atoms with Crippen LogP contribution in [0, 0.1) is 5.41 Å². The van der Waals surface area contributed by atoms with Crippen LogP contribution in [0.3, 0.4) is 0 Å². The molecule has 2 amide bonds. The van der Waals surface area contributed by atoms with Gasteiger partial charge in [-0.1, -0.05) is 44.5 Å². The number of ether oxygens (including phenoxy) is 2. The molecule has 0 spiro atoms. The molecular formula is C25H30N2O5. The molecule has 0 saturated carbocycles. The predicted molar refractivity (Wildman–Crippen MR) is 124 cm³/mol. The Balaban J connectivity index is 2.02. The van der Waals surface area contributed by atoms with Crippen LogP contribution in [0.15, 0.2) is 60.2 Å². The highest BCUT2D eigenvalue weighted by Gasteiger charge is 2.14. The number of anilines is 1. The maximum Gasteiger partial charge on any atom is 0.513 e. The number of nitrogens with one attached hydrogen (secondary N) is 2. The Morgan fingerprint density at radius 2 is 1.66 bits per heavy atom. The summed E-state index contributed by atoms with van der Waals surface area (Å²) < 4.78 is 9.71. The zero-order chi connectivity index (χ0) is 23.7. The van der Waals surface area contributed by atoms with Crippen molar-refractivity contribution in [3.63, 3.8) is 0 Å². The lowest BCUT2D eigenvalue weighted by atomic mass is 9.87. The van der Waals surface area contributed by atoms with E-state index in [1.54, 1.807) is 37.3 Å². The molecule has 0 aliphatic carbocycles. The number of carbonyl (C=O) groups excluding carboxylic acids is 3. The smallest absolute Gasteiger partial charge is 0.434 e. The molecule has 0 radical (unpaired) electrons. The molecule has 170 valence electrons. The fourth-order valence-corrected chi connectivity index (χ4v) is 2.56. The lowest BCUT2D eigenvalue weighted by Crippen LogP contribution is -2.23. The summed E-state index contributed by atoms with van der Waals surface area (Å²) in [5, 5.41) is 5.72. The monoisotopic (exact) mass is 438 g/mol. The van der Waals surface area contributed by atoms with Crippen molar-refractivity contribution in [3.05, 3.63) is 71.3 Å². The van der Waals surface area contributed by atoms with Gasteiger partial charge in [0.05, 0.1) is 6.61 Å². The minimum absolute atomic E-state index is 0.0832. The second-order valence-corrected chi connectivity index (χ2v) is 8.22. The van der Waals surface area contributed by atoms with E-state index in [2.05, 4.69) is 10.6 Å². The molecule has 0 saturated heterocycles. The van der Waals surface area contributed by atoms with Crippen molar-refractivity contribution in [1.29, 1.82) is 0 Å². The summed E-state index contributed by atoms with van der Waals surface area (Å²) in [6.45, 7) is 10.2. The van der Waals surface area contributed by atoms with Crippen LogP contribution in [-0.4, -0.2) is 24.6 Å². The Bertz CT molecular complexity index is 988. The second kappa shape index (κ2) is 11.1. The first-order valence-corrected chi connectivity index (χ1v) is 10.4. The maximum absolute atomic E-state index is 12.7. The van der Waals surface area contributed by atoms with Crippen molar-refractivity contribution >= 4 is 23.7 Å². The van der Waals surface area contributed by atoms with E-state index in [1.807, 2.05) is 39.8 Å². The second-order valence-electron chi connectivity index (χ2n) is 8.22. The van der Waals surface area contributed by atoms with Gasteiger partial charge in [-0.15, -0.1) is 0 Å². The minimum atomic E-state index is -0.798. The summed E-state index contributed by atoms with van der Waals surface area (Å²) in [6.07, 6.45) is 0.800. The Morgan fingerprint density at radius 3 is 2.28 bits per heavy atom. The van der Waals surface area contributed by atoms with Gasteiger partial charge in [-0.3, -0.25) is 9.59 Å². The van der Waals surface area contributed by atoms with Crippen molar-refractivity contribution in [1.82, 2.24) is 5.32 Å². The number of carbonyl (C=O) groups is 3. The van der Waals surface area contributed by atoms with Crippen LogP contribution >= 0.6 is 0 Å². The molecule has 32 heavy (non-hydrogen) atoms. The third-order valence-corrected chi connectivity index (χ3v) is 4.83. The van der Waals surface area contributed by atoms with Crippen LogP contribution in [0.25, 0.3) is 0 Å². The molecular weight excluding hydrogens is 408 g/mol. The zero-order valence-electron chi connectivity index (χ0n) is 19.2. The average Bonchev–Trinajstić information content (AvgIpc) is 2.73. The van der Waals surface area contributed by atoms with Gasteiger partial charge in [0.25, 0.3) is 5.91 Å². The minimum Gasteiger partial charge on any atom is -0.434 e. The number of para-hydroxylation sites is 1. The molecule has 2 aromatic carbocycles. The number of amides is 2. The highest BCUT2D eigenvalue weighted by atomic mass is 16.7. The molecule has 2 aromatic rings. The lowest BCUT2D eigenvalue weighted by molar-refractivity contribution is -0.116. The van der Waals surface area contributed by atoms with E-state index >= 15 is 0 Å². The number of hydrogen-bond donors (Lipinski definition) is 2. The van der Waals surface area contributed by atoms with Crippen molar-refractivity contribution in [2.24, 2.45) is 5.41 Å². The van der Waals surface area contributed by atoms with Crippen molar-refractivity contribution < 1.29 is 23.9 Å². The summed E-state index contributed by atoms with van der Waals surface area (Å²) in [7, 11) is 0. The molecule has 0 aromatic heterocycles. The van der Waals surface area contributed by atoms with Gasteiger partial charge in [-0.2, -0.15) is 0 Å². The maximum atomic E-state index is 12.7. The van der Waals surface area contributed by atoms with Gasteiger partial charge < -0.3 is 20.1 Å². The van der Waals surface area contributed by atoms with Gasteiger partial charge in [-0.25, -0.2) is 4.79 Å². The fourth-order valence-electron chi connectivity index (χ4n) is 2.56. The molecule has 0 atom stereocenters. The first-order chi connectivity index (χ1) is 15.1. The van der Waals surface area contributed by atoms with E-state index in [4.69, 9.17) is 9.47 Å². The largest absolute Gasteiger partial charge is 0.513 e. The average molecular weight is 439 g/mol. The summed E-state index contributed by atoms with van der Waals surface area (Å²) in [6, 6.07) is 13.4. The van der Waals surface area contributed by atoms with Crippen LogP contribution in [0.4, 0.5) is 10.5 Å². The Kier molecular flexibility index (Phi) is 8.58. The molecule has 2 N–H and O–H groups in total. The summed E-state index contributed by atoms with van der Waals surface area (Å²) >= 11 is 0. The van der Waals surface area contributed by atoms with Gasteiger partial charge in [0, 0.05) is 23.9 Å². The summed E-state index contributed by atoms with van der Waals surface area (Å²) in [4.78, 5) is 36.3. The normalized spacial score (nSPS) is 11.5. The number of benzene rings is 2. The topological polar surface area (TPSA) is 93.7 Å². The summed E-state index contributed by atoms with van der Waals surface area (Å²) in [5.41, 5.74) is 2.66. The first-order valence-electron chi connectivity index (χ1n) is 10.4. The van der Waals surface area contributed by atoms with E-state index in [-0.39, 0.29) is 36.1 Å². The van der Waals surface area contributed by atoms with Crippen LogP contribution in [0.1, 0.15) is 50.5 Å².